The van der Waals surface area contributed by atoms with Crippen LogP contribution in [0.3, 0.4) is 0 Å². The van der Waals surface area contributed by atoms with Gasteiger partial charge in [0, 0.05) is 12.0 Å². The van der Waals surface area contributed by atoms with Gasteiger partial charge in [0.25, 0.3) is 0 Å². The van der Waals surface area contributed by atoms with Gasteiger partial charge in [0.15, 0.2) is 0 Å². The van der Waals surface area contributed by atoms with Crippen LogP contribution in [0.15, 0.2) is 41.4 Å². The molecule has 0 atom stereocenters. The van der Waals surface area contributed by atoms with E-state index in [1.54, 1.807) is 0 Å². The zero-order valence-electron chi connectivity index (χ0n) is 8.80. The third-order valence-corrected chi connectivity index (χ3v) is 2.40. The number of rotatable bonds is 4. The molecule has 1 aromatic rings. The molecular weight excluding hydrogens is 248 g/mol. The highest BCUT2D eigenvalue weighted by Gasteiger charge is 1.88. The van der Waals surface area contributed by atoms with E-state index in [0.29, 0.717) is 0 Å². The van der Waals surface area contributed by atoms with Gasteiger partial charge in [0.1, 0.15) is 0 Å². The zero-order chi connectivity index (χ0) is 10.9. The molecule has 15 heavy (non-hydrogen) atoms. The van der Waals surface area contributed by atoms with Crippen molar-refractivity contribution in [3.05, 3.63) is 47.0 Å². The largest absolute Gasteiger partial charge is 0.0979 e. The number of unbranched alkanes of at least 4 members (excludes halogenated alkanes) is 2. The van der Waals surface area contributed by atoms with Crippen LogP contribution in [0, 0.1) is 11.8 Å². The normalized spacial score (nSPS) is 9.13. The van der Waals surface area contributed by atoms with Gasteiger partial charge in [-0.25, -0.2) is 0 Å². The van der Waals surface area contributed by atoms with Crippen LogP contribution in [0.2, 0.25) is 0 Å². The van der Waals surface area contributed by atoms with Crippen molar-refractivity contribution < 1.29 is 0 Å². The minimum absolute atomic E-state index is 0.967. The summed E-state index contributed by atoms with van der Waals surface area (Å²) >= 11 is 3.35. The van der Waals surface area contributed by atoms with Gasteiger partial charge in [-0.1, -0.05) is 52.5 Å². The Bertz CT molecular complexity index is 354. The molecule has 0 spiro atoms. The molecule has 0 aromatic heterocycles. The van der Waals surface area contributed by atoms with Crippen molar-refractivity contribution in [1.82, 2.24) is 0 Å². The van der Waals surface area contributed by atoms with Crippen LogP contribution in [0.5, 0.6) is 0 Å². The van der Waals surface area contributed by atoms with Crippen LogP contribution in [-0.4, -0.2) is 0 Å². The lowest BCUT2D eigenvalue weighted by Gasteiger charge is -1.94. The van der Waals surface area contributed by atoms with Gasteiger partial charge in [-0.3, -0.25) is 0 Å². The van der Waals surface area contributed by atoms with Crippen molar-refractivity contribution in [2.75, 3.05) is 0 Å². The van der Waals surface area contributed by atoms with Crippen molar-refractivity contribution in [3.63, 3.8) is 0 Å². The zero-order valence-corrected chi connectivity index (χ0v) is 10.4. The molecule has 78 valence electrons. The number of hydrogen-bond donors (Lipinski definition) is 0. The second kappa shape index (κ2) is 7.31. The number of benzene rings is 1. The van der Waals surface area contributed by atoms with Crippen LogP contribution in [0.1, 0.15) is 31.2 Å². The molecule has 0 aliphatic rings. The lowest BCUT2D eigenvalue weighted by atomic mass is 10.2. The van der Waals surface area contributed by atoms with E-state index in [2.05, 4.69) is 34.3 Å². The van der Waals surface area contributed by atoms with Gasteiger partial charge in [-0.05, 0) is 35.9 Å². The average molecular weight is 263 g/mol. The molecule has 0 N–H and O–H groups in total. The topological polar surface area (TPSA) is 0 Å². The summed E-state index contributed by atoms with van der Waals surface area (Å²) in [5, 5.41) is 0. The Hall–Kier alpha value is -1.00. The highest BCUT2D eigenvalue weighted by molar-refractivity contribution is 9.11. The minimum Gasteiger partial charge on any atom is -0.0979 e. The molecule has 0 aliphatic carbocycles. The van der Waals surface area contributed by atoms with Gasteiger partial charge in [-0.2, -0.15) is 0 Å². The lowest BCUT2D eigenvalue weighted by Crippen LogP contribution is -1.76. The first-order valence-corrected chi connectivity index (χ1v) is 5.95. The van der Waals surface area contributed by atoms with Crippen molar-refractivity contribution in [2.45, 2.75) is 25.7 Å². The third-order valence-electron chi connectivity index (χ3n) is 2.01. The maximum Gasteiger partial charge on any atom is 0.0245 e. The molecule has 1 rings (SSSR count). The molecule has 0 saturated heterocycles. The van der Waals surface area contributed by atoms with E-state index in [9.17, 15) is 0 Å². The molecule has 1 aromatic carbocycles. The summed E-state index contributed by atoms with van der Waals surface area (Å²) in [4.78, 5) is 0. The van der Waals surface area contributed by atoms with Crippen LogP contribution in [-0.2, 0) is 0 Å². The van der Waals surface area contributed by atoms with E-state index >= 15 is 0 Å². The van der Waals surface area contributed by atoms with Crippen molar-refractivity contribution in [3.8, 4) is 11.8 Å². The summed E-state index contributed by atoms with van der Waals surface area (Å²) in [6.45, 7) is 3.80. The van der Waals surface area contributed by atoms with Gasteiger partial charge < -0.3 is 0 Å². The van der Waals surface area contributed by atoms with Crippen LogP contribution < -0.4 is 0 Å². The first-order chi connectivity index (χ1) is 7.29. The average Bonchev–Trinajstić information content (AvgIpc) is 2.24. The molecule has 0 saturated carbocycles. The summed E-state index contributed by atoms with van der Waals surface area (Å²) in [6, 6.07) is 10.1. The molecule has 0 fully saturated rings. The first kappa shape index (κ1) is 12.1. The fourth-order valence-electron chi connectivity index (χ4n) is 1.22. The van der Waals surface area contributed by atoms with Crippen LogP contribution in [0.25, 0.3) is 0 Å². The Labute approximate surface area is 101 Å². The molecule has 1 heteroatoms. The Morgan fingerprint density at radius 1 is 1.20 bits per heavy atom. The smallest absolute Gasteiger partial charge is 0.0245 e. The van der Waals surface area contributed by atoms with Gasteiger partial charge in [0.2, 0.25) is 0 Å². The minimum atomic E-state index is 0.967. The van der Waals surface area contributed by atoms with Crippen LogP contribution in [0.4, 0.5) is 0 Å². The Balaban J connectivity index is 2.20. The summed E-state index contributed by atoms with van der Waals surface area (Å²) in [6.07, 6.45) is 4.32. The van der Waals surface area contributed by atoms with Crippen LogP contribution >= 0.6 is 15.9 Å². The number of allylic oxidation sites excluding steroid dienone is 1. The summed E-state index contributed by atoms with van der Waals surface area (Å²) in [5.74, 6) is 6.33. The third kappa shape index (κ3) is 6.14. The van der Waals surface area contributed by atoms with Crippen molar-refractivity contribution in [1.29, 1.82) is 0 Å². The quantitative estimate of drug-likeness (QED) is 0.554. The van der Waals surface area contributed by atoms with Crippen molar-refractivity contribution >= 4 is 15.9 Å². The van der Waals surface area contributed by atoms with Gasteiger partial charge in [0.05, 0.1) is 0 Å². The molecular formula is C14H15Br. The van der Waals surface area contributed by atoms with E-state index in [4.69, 9.17) is 0 Å². The Morgan fingerprint density at radius 2 is 1.93 bits per heavy atom. The monoisotopic (exact) mass is 262 g/mol. The second-order valence-corrected chi connectivity index (χ2v) is 4.51. The fourth-order valence-corrected chi connectivity index (χ4v) is 1.50. The molecule has 0 amide bonds. The van der Waals surface area contributed by atoms with E-state index in [1.807, 2.05) is 30.3 Å². The molecule has 0 nitrogen and oxygen atoms in total. The van der Waals surface area contributed by atoms with E-state index in [1.165, 1.54) is 0 Å². The molecule has 0 bridgehead atoms. The highest BCUT2D eigenvalue weighted by Crippen LogP contribution is 2.11. The predicted molar refractivity (Wildman–Crippen MR) is 69.9 cm³/mol. The first-order valence-electron chi connectivity index (χ1n) is 5.16. The summed E-state index contributed by atoms with van der Waals surface area (Å²) in [5.41, 5.74) is 1.10. The predicted octanol–water partition coefficient (Wildman–Crippen LogP) is 4.51. The maximum atomic E-state index is 3.80. The van der Waals surface area contributed by atoms with E-state index in [-0.39, 0.29) is 0 Å². The summed E-state index contributed by atoms with van der Waals surface area (Å²) < 4.78 is 1.08. The fraction of sp³-hybridized carbons (Fsp3) is 0.286. The number of hydrogen-bond acceptors (Lipinski definition) is 0. The second-order valence-electron chi connectivity index (χ2n) is 3.39. The van der Waals surface area contributed by atoms with Gasteiger partial charge >= 0.3 is 0 Å². The standard InChI is InChI=1S/C14H15Br/c1-13(15)9-5-2-3-6-10-14-11-7-4-8-12-14/h4,7-8,11-12H,1-3,5,9H2. The Kier molecular flexibility index (Phi) is 5.88. The van der Waals surface area contributed by atoms with Crippen molar-refractivity contribution in [2.24, 2.45) is 0 Å². The van der Waals surface area contributed by atoms with E-state index < -0.39 is 0 Å². The maximum absolute atomic E-state index is 3.80. The van der Waals surface area contributed by atoms with Gasteiger partial charge in [-0.15, -0.1) is 0 Å². The molecule has 0 unspecified atom stereocenters. The molecule has 0 aliphatic heterocycles. The molecule has 0 heterocycles. The summed E-state index contributed by atoms with van der Waals surface area (Å²) in [7, 11) is 0. The van der Waals surface area contributed by atoms with E-state index in [0.717, 1.165) is 35.7 Å². The molecule has 0 radical (unpaired) electrons. The highest BCUT2D eigenvalue weighted by atomic mass is 79.9. The SMILES string of the molecule is C=C(Br)CCCCC#Cc1ccccc1. The Morgan fingerprint density at radius 3 is 2.60 bits per heavy atom. The number of halogens is 1. The lowest BCUT2D eigenvalue weighted by molar-refractivity contribution is 0.769.